The summed E-state index contributed by atoms with van der Waals surface area (Å²) >= 11 is 0. The van der Waals surface area contributed by atoms with Crippen LogP contribution in [0.2, 0.25) is 0 Å². The van der Waals surface area contributed by atoms with Gasteiger partial charge in [0, 0.05) is 30.7 Å². The second-order valence-corrected chi connectivity index (χ2v) is 8.11. The highest BCUT2D eigenvalue weighted by Gasteiger charge is 2.35. The van der Waals surface area contributed by atoms with Gasteiger partial charge in [0.05, 0.1) is 12.0 Å². The number of carbonyl (C=O) groups excluding carboxylic acids is 4. The number of rotatable bonds is 4. The molecule has 1 saturated heterocycles. The van der Waals surface area contributed by atoms with Crippen molar-refractivity contribution in [2.75, 3.05) is 6.54 Å². The number of allylic oxidation sites excluding steroid dienone is 1. The number of carbonyl (C=O) groups is 4. The van der Waals surface area contributed by atoms with Crippen LogP contribution in [0.15, 0.2) is 59.8 Å². The van der Waals surface area contributed by atoms with Gasteiger partial charge in [-0.25, -0.2) is 0 Å². The van der Waals surface area contributed by atoms with Crippen molar-refractivity contribution in [1.29, 1.82) is 0 Å². The summed E-state index contributed by atoms with van der Waals surface area (Å²) in [5.41, 5.74) is 0.594. The van der Waals surface area contributed by atoms with Gasteiger partial charge in [0.1, 0.15) is 6.04 Å². The van der Waals surface area contributed by atoms with Crippen LogP contribution in [0.3, 0.4) is 0 Å². The SMILES string of the molecule is O=C(Cc1ccc(C(F)(F)F)cc1)NC(=O)C1=CC2=CN(C3CCC(=O)NC3=O)CC2C=C1. The molecule has 0 aromatic heterocycles. The lowest BCUT2D eigenvalue weighted by Crippen LogP contribution is -2.50. The Labute approximate surface area is 187 Å². The van der Waals surface area contributed by atoms with E-state index in [0.717, 1.165) is 17.7 Å². The molecule has 2 atom stereocenters. The highest BCUT2D eigenvalue weighted by Crippen LogP contribution is 2.32. The van der Waals surface area contributed by atoms with E-state index in [-0.39, 0.29) is 36.1 Å². The van der Waals surface area contributed by atoms with Gasteiger partial charge in [-0.3, -0.25) is 29.8 Å². The van der Waals surface area contributed by atoms with Crippen LogP contribution in [0.25, 0.3) is 0 Å². The van der Waals surface area contributed by atoms with Crippen LogP contribution >= 0.6 is 0 Å². The van der Waals surface area contributed by atoms with Gasteiger partial charge in [0.2, 0.25) is 17.7 Å². The van der Waals surface area contributed by atoms with Crippen LogP contribution in [-0.4, -0.2) is 41.1 Å². The van der Waals surface area contributed by atoms with E-state index in [0.29, 0.717) is 18.5 Å². The van der Waals surface area contributed by atoms with Crippen LogP contribution in [0.5, 0.6) is 0 Å². The van der Waals surface area contributed by atoms with E-state index in [1.807, 2.05) is 11.0 Å². The Bertz CT molecular complexity index is 1100. The zero-order valence-corrected chi connectivity index (χ0v) is 17.3. The normalized spacial score (nSPS) is 22.3. The second-order valence-electron chi connectivity index (χ2n) is 8.11. The molecule has 0 radical (unpaired) electrons. The number of hydrogen-bond acceptors (Lipinski definition) is 5. The number of benzene rings is 1. The van der Waals surface area contributed by atoms with Gasteiger partial charge in [-0.1, -0.05) is 24.3 Å². The van der Waals surface area contributed by atoms with Gasteiger partial charge in [0.25, 0.3) is 5.91 Å². The maximum absolute atomic E-state index is 12.6. The van der Waals surface area contributed by atoms with Crippen molar-refractivity contribution in [3.8, 4) is 0 Å². The summed E-state index contributed by atoms with van der Waals surface area (Å²) < 4.78 is 37.9. The number of imide groups is 2. The molecule has 2 heterocycles. The zero-order valence-electron chi connectivity index (χ0n) is 17.3. The first-order chi connectivity index (χ1) is 15.6. The molecule has 1 aliphatic carbocycles. The maximum atomic E-state index is 12.6. The lowest BCUT2D eigenvalue weighted by atomic mass is 9.93. The smallest absolute Gasteiger partial charge is 0.364 e. The van der Waals surface area contributed by atoms with E-state index in [2.05, 4.69) is 10.6 Å². The monoisotopic (exact) mass is 459 g/mol. The summed E-state index contributed by atoms with van der Waals surface area (Å²) in [5, 5.41) is 4.57. The predicted octanol–water partition coefficient (Wildman–Crippen LogP) is 2.01. The third-order valence-electron chi connectivity index (χ3n) is 5.75. The second kappa shape index (κ2) is 8.68. The molecule has 4 rings (SSSR count). The highest BCUT2D eigenvalue weighted by molar-refractivity contribution is 6.06. The quantitative estimate of drug-likeness (QED) is 0.672. The molecule has 4 amide bonds. The Hall–Kier alpha value is -3.69. The van der Waals surface area contributed by atoms with Gasteiger partial charge >= 0.3 is 6.18 Å². The summed E-state index contributed by atoms with van der Waals surface area (Å²) in [4.78, 5) is 50.0. The largest absolute Gasteiger partial charge is 0.416 e. The minimum Gasteiger partial charge on any atom is -0.364 e. The number of piperidine rings is 1. The third-order valence-corrected chi connectivity index (χ3v) is 5.75. The summed E-state index contributed by atoms with van der Waals surface area (Å²) in [6.07, 6.45) is 2.81. The fourth-order valence-electron chi connectivity index (χ4n) is 4.03. The van der Waals surface area contributed by atoms with E-state index in [9.17, 15) is 32.3 Å². The molecule has 172 valence electrons. The van der Waals surface area contributed by atoms with Gasteiger partial charge in [-0.2, -0.15) is 13.2 Å². The molecule has 10 heteroatoms. The Morgan fingerprint density at radius 1 is 1.15 bits per heavy atom. The molecule has 33 heavy (non-hydrogen) atoms. The molecule has 1 aromatic carbocycles. The molecule has 1 aromatic rings. The van der Waals surface area contributed by atoms with Crippen molar-refractivity contribution in [1.82, 2.24) is 15.5 Å². The van der Waals surface area contributed by atoms with E-state index >= 15 is 0 Å². The summed E-state index contributed by atoms with van der Waals surface area (Å²) in [6, 6.07) is 3.72. The van der Waals surface area contributed by atoms with Crippen molar-refractivity contribution in [3.05, 3.63) is 71.0 Å². The van der Waals surface area contributed by atoms with Crippen molar-refractivity contribution in [2.45, 2.75) is 31.5 Å². The molecule has 2 N–H and O–H groups in total. The average molecular weight is 459 g/mol. The molecule has 3 aliphatic rings. The first-order valence-corrected chi connectivity index (χ1v) is 10.3. The molecule has 2 unspecified atom stereocenters. The fraction of sp³-hybridized carbons (Fsp3) is 0.304. The molecule has 0 bridgehead atoms. The van der Waals surface area contributed by atoms with Crippen molar-refractivity contribution < 1.29 is 32.3 Å². The molecule has 0 spiro atoms. The van der Waals surface area contributed by atoms with E-state index in [1.165, 1.54) is 12.1 Å². The van der Waals surface area contributed by atoms with E-state index in [4.69, 9.17) is 0 Å². The lowest BCUT2D eigenvalue weighted by Gasteiger charge is -2.30. The lowest BCUT2D eigenvalue weighted by molar-refractivity contribution is -0.138. The van der Waals surface area contributed by atoms with Gasteiger partial charge in [0.15, 0.2) is 0 Å². The molecular formula is C23H20F3N3O4. The van der Waals surface area contributed by atoms with Crippen LogP contribution in [0.1, 0.15) is 24.0 Å². The number of hydrogen-bond donors (Lipinski definition) is 2. The fourth-order valence-corrected chi connectivity index (χ4v) is 4.03. The van der Waals surface area contributed by atoms with Crippen molar-refractivity contribution in [2.24, 2.45) is 5.92 Å². The third kappa shape index (κ3) is 5.05. The van der Waals surface area contributed by atoms with Crippen LogP contribution < -0.4 is 10.6 Å². The van der Waals surface area contributed by atoms with Gasteiger partial charge in [-0.05, 0) is 35.8 Å². The number of nitrogens with one attached hydrogen (secondary N) is 2. The Kier molecular flexibility index (Phi) is 5.92. The molecule has 7 nitrogen and oxygen atoms in total. The first-order valence-electron chi connectivity index (χ1n) is 10.3. The Morgan fingerprint density at radius 3 is 2.55 bits per heavy atom. The first kappa shape index (κ1) is 22.5. The number of halogens is 3. The van der Waals surface area contributed by atoms with Crippen molar-refractivity contribution in [3.63, 3.8) is 0 Å². The molecule has 2 aliphatic heterocycles. The summed E-state index contributed by atoms with van der Waals surface area (Å²) in [6.45, 7) is 0.538. The Balaban J connectivity index is 1.37. The van der Waals surface area contributed by atoms with Crippen LogP contribution in [0.4, 0.5) is 13.2 Å². The summed E-state index contributed by atoms with van der Waals surface area (Å²) in [7, 11) is 0. The highest BCUT2D eigenvalue weighted by atomic mass is 19.4. The standard InChI is InChI=1S/C23H20F3N3O4/c24-23(25,26)17-5-1-13(2-6-17)9-20(31)28-21(32)14-3-4-15-11-29(12-16(15)10-14)18-7-8-19(30)27-22(18)33/h1-6,10,12,15,18H,7-9,11H2,(H,27,30,33)(H,28,31,32). The van der Waals surface area contributed by atoms with Crippen molar-refractivity contribution >= 4 is 23.6 Å². The van der Waals surface area contributed by atoms with E-state index in [1.54, 1.807) is 18.4 Å². The molecule has 0 saturated carbocycles. The maximum Gasteiger partial charge on any atom is 0.416 e. The number of amides is 4. The molecule has 1 fully saturated rings. The average Bonchev–Trinajstić information content (AvgIpc) is 3.16. The zero-order chi connectivity index (χ0) is 23.8. The van der Waals surface area contributed by atoms with Gasteiger partial charge in [-0.15, -0.1) is 0 Å². The number of fused-ring (bicyclic) bond motifs is 1. The Morgan fingerprint density at radius 2 is 1.88 bits per heavy atom. The topological polar surface area (TPSA) is 95.6 Å². The minimum absolute atomic E-state index is 0.0187. The minimum atomic E-state index is -4.46. The predicted molar refractivity (Wildman–Crippen MR) is 110 cm³/mol. The van der Waals surface area contributed by atoms with Crippen LogP contribution in [0, 0.1) is 5.92 Å². The molecular weight excluding hydrogens is 439 g/mol. The summed E-state index contributed by atoms with van der Waals surface area (Å²) in [5.74, 6) is -1.92. The van der Waals surface area contributed by atoms with E-state index < -0.39 is 29.6 Å². The number of alkyl halides is 3. The van der Waals surface area contributed by atoms with Crippen LogP contribution in [-0.2, 0) is 31.8 Å². The number of nitrogens with zero attached hydrogens (tertiary/aromatic N) is 1. The van der Waals surface area contributed by atoms with Gasteiger partial charge < -0.3 is 4.90 Å².